The minimum absolute atomic E-state index is 0.0450. The fourth-order valence-electron chi connectivity index (χ4n) is 3.41. The molecule has 3 unspecified atom stereocenters. The van der Waals surface area contributed by atoms with Crippen molar-refractivity contribution >= 4 is 15.7 Å². The molecule has 132 valence electrons. The van der Waals surface area contributed by atoms with Gasteiger partial charge in [-0.25, -0.2) is 8.42 Å². The topological polar surface area (TPSA) is 75.7 Å². The van der Waals surface area contributed by atoms with Crippen molar-refractivity contribution in [3.05, 3.63) is 35.9 Å². The van der Waals surface area contributed by atoms with Crippen LogP contribution < -0.4 is 5.32 Å². The van der Waals surface area contributed by atoms with E-state index in [2.05, 4.69) is 10.2 Å². The van der Waals surface area contributed by atoms with Gasteiger partial charge in [0.25, 0.3) is 0 Å². The van der Waals surface area contributed by atoms with Crippen LogP contribution in [0.5, 0.6) is 0 Å². The van der Waals surface area contributed by atoms with Crippen LogP contribution >= 0.6 is 0 Å². The first-order valence-corrected chi connectivity index (χ1v) is 10.2. The van der Waals surface area contributed by atoms with Crippen LogP contribution in [0.3, 0.4) is 0 Å². The van der Waals surface area contributed by atoms with Crippen LogP contribution in [-0.2, 0) is 19.4 Å². The van der Waals surface area contributed by atoms with Gasteiger partial charge in [0.1, 0.15) is 0 Å². The standard InChI is InChI=1S/C17H24N2O4S/c1-13-9-19(10-16(23-13)14-5-3-2-4-6-14)11-17(20)18-15-7-8-24(21,22)12-15/h2-6,13,15-16H,7-12H2,1H3,(H,18,20). The number of sulfone groups is 1. The molecule has 2 saturated heterocycles. The van der Waals surface area contributed by atoms with E-state index in [0.29, 0.717) is 19.5 Å². The van der Waals surface area contributed by atoms with E-state index in [1.165, 1.54) is 0 Å². The van der Waals surface area contributed by atoms with Crippen LogP contribution in [0.2, 0.25) is 0 Å². The Labute approximate surface area is 143 Å². The van der Waals surface area contributed by atoms with E-state index in [1.807, 2.05) is 37.3 Å². The number of amides is 1. The Morgan fingerprint density at radius 2 is 2.04 bits per heavy atom. The van der Waals surface area contributed by atoms with Crippen LogP contribution in [0, 0.1) is 0 Å². The molecule has 7 heteroatoms. The molecular weight excluding hydrogens is 328 g/mol. The molecule has 2 fully saturated rings. The van der Waals surface area contributed by atoms with Crippen molar-refractivity contribution in [1.82, 2.24) is 10.2 Å². The number of benzene rings is 1. The predicted octanol–water partition coefficient (Wildman–Crippen LogP) is 0.752. The molecule has 0 radical (unpaired) electrons. The van der Waals surface area contributed by atoms with Crippen molar-refractivity contribution in [2.24, 2.45) is 0 Å². The van der Waals surface area contributed by atoms with Gasteiger partial charge in [0.05, 0.1) is 30.3 Å². The highest BCUT2D eigenvalue weighted by atomic mass is 32.2. The molecule has 3 rings (SSSR count). The van der Waals surface area contributed by atoms with Crippen LogP contribution in [-0.4, -0.2) is 62.5 Å². The number of carbonyl (C=O) groups excluding carboxylic acids is 1. The van der Waals surface area contributed by atoms with E-state index in [-0.39, 0.29) is 42.2 Å². The number of hydrogen-bond acceptors (Lipinski definition) is 5. The minimum Gasteiger partial charge on any atom is -0.368 e. The summed E-state index contributed by atoms with van der Waals surface area (Å²) in [6.45, 7) is 3.63. The number of morpholine rings is 1. The summed E-state index contributed by atoms with van der Waals surface area (Å²) in [7, 11) is -2.98. The highest BCUT2D eigenvalue weighted by Crippen LogP contribution is 2.24. The van der Waals surface area contributed by atoms with E-state index >= 15 is 0 Å². The lowest BCUT2D eigenvalue weighted by Crippen LogP contribution is -2.48. The quantitative estimate of drug-likeness (QED) is 0.865. The Kier molecular flexibility index (Phi) is 5.22. The van der Waals surface area contributed by atoms with Gasteiger partial charge in [-0.1, -0.05) is 30.3 Å². The largest absolute Gasteiger partial charge is 0.368 e. The molecule has 6 nitrogen and oxygen atoms in total. The second-order valence-electron chi connectivity index (χ2n) is 6.71. The van der Waals surface area contributed by atoms with E-state index in [4.69, 9.17) is 4.74 Å². The zero-order chi connectivity index (χ0) is 17.2. The highest BCUT2D eigenvalue weighted by molar-refractivity contribution is 7.91. The first kappa shape index (κ1) is 17.4. The number of carbonyl (C=O) groups is 1. The van der Waals surface area contributed by atoms with Crippen molar-refractivity contribution in [2.75, 3.05) is 31.1 Å². The van der Waals surface area contributed by atoms with Gasteiger partial charge in [-0.05, 0) is 18.9 Å². The summed E-state index contributed by atoms with van der Waals surface area (Å²) in [6.07, 6.45) is 0.512. The minimum atomic E-state index is -2.98. The summed E-state index contributed by atoms with van der Waals surface area (Å²) < 4.78 is 28.9. The molecule has 0 spiro atoms. The number of rotatable bonds is 4. The molecule has 1 N–H and O–H groups in total. The SMILES string of the molecule is CC1CN(CC(=O)NC2CCS(=O)(=O)C2)CC(c2ccccc2)O1. The van der Waals surface area contributed by atoms with Crippen LogP contribution in [0.15, 0.2) is 30.3 Å². The third-order valence-electron chi connectivity index (χ3n) is 4.47. The zero-order valence-electron chi connectivity index (χ0n) is 13.8. The summed E-state index contributed by atoms with van der Waals surface area (Å²) in [5, 5.41) is 2.85. The van der Waals surface area contributed by atoms with E-state index in [0.717, 1.165) is 5.56 Å². The Hall–Kier alpha value is -1.44. The highest BCUT2D eigenvalue weighted by Gasteiger charge is 2.31. The Morgan fingerprint density at radius 1 is 1.29 bits per heavy atom. The van der Waals surface area contributed by atoms with Crippen molar-refractivity contribution in [3.63, 3.8) is 0 Å². The maximum absolute atomic E-state index is 12.2. The van der Waals surface area contributed by atoms with E-state index in [9.17, 15) is 13.2 Å². The lowest BCUT2D eigenvalue weighted by Gasteiger charge is -2.36. The Bertz CT molecular complexity index is 677. The molecule has 24 heavy (non-hydrogen) atoms. The normalized spacial score (nSPS) is 30.1. The molecule has 2 aliphatic heterocycles. The van der Waals surface area contributed by atoms with Crippen molar-refractivity contribution < 1.29 is 17.9 Å². The van der Waals surface area contributed by atoms with Crippen molar-refractivity contribution in [3.8, 4) is 0 Å². The van der Waals surface area contributed by atoms with Gasteiger partial charge in [0.15, 0.2) is 9.84 Å². The van der Waals surface area contributed by atoms with Gasteiger partial charge in [0, 0.05) is 19.1 Å². The average Bonchev–Trinajstić information content (AvgIpc) is 2.86. The van der Waals surface area contributed by atoms with Gasteiger partial charge in [-0.2, -0.15) is 0 Å². The maximum Gasteiger partial charge on any atom is 0.234 e. The molecule has 3 atom stereocenters. The summed E-state index contributed by atoms with van der Waals surface area (Å²) in [4.78, 5) is 14.3. The van der Waals surface area contributed by atoms with E-state index in [1.54, 1.807) is 0 Å². The average molecular weight is 352 g/mol. The van der Waals surface area contributed by atoms with Gasteiger partial charge in [-0.3, -0.25) is 9.69 Å². The molecule has 2 aliphatic rings. The summed E-state index contributed by atoms with van der Waals surface area (Å²) in [6, 6.07) is 9.75. The first-order chi connectivity index (χ1) is 11.4. The number of hydrogen-bond donors (Lipinski definition) is 1. The fraction of sp³-hybridized carbons (Fsp3) is 0.588. The third kappa shape index (κ3) is 4.55. The van der Waals surface area contributed by atoms with Crippen LogP contribution in [0.25, 0.3) is 0 Å². The molecule has 0 bridgehead atoms. The van der Waals surface area contributed by atoms with Crippen molar-refractivity contribution in [2.45, 2.75) is 31.6 Å². The fourth-order valence-corrected chi connectivity index (χ4v) is 5.08. The van der Waals surface area contributed by atoms with Crippen LogP contribution in [0.4, 0.5) is 0 Å². The Balaban J connectivity index is 1.55. The molecule has 1 aromatic carbocycles. The molecule has 1 aromatic rings. The predicted molar refractivity (Wildman–Crippen MR) is 91.4 cm³/mol. The molecule has 1 amide bonds. The number of nitrogens with zero attached hydrogens (tertiary/aromatic N) is 1. The third-order valence-corrected chi connectivity index (χ3v) is 6.24. The van der Waals surface area contributed by atoms with E-state index < -0.39 is 9.84 Å². The lowest BCUT2D eigenvalue weighted by atomic mass is 10.1. The lowest BCUT2D eigenvalue weighted by molar-refractivity contribution is -0.127. The summed E-state index contributed by atoms with van der Waals surface area (Å²) in [5.41, 5.74) is 1.11. The molecule has 0 aromatic heterocycles. The summed E-state index contributed by atoms with van der Waals surface area (Å²) >= 11 is 0. The smallest absolute Gasteiger partial charge is 0.234 e. The molecule has 0 saturated carbocycles. The van der Waals surface area contributed by atoms with Crippen LogP contribution in [0.1, 0.15) is 25.0 Å². The summed E-state index contributed by atoms with van der Waals surface area (Å²) in [5.74, 6) is 0.117. The van der Waals surface area contributed by atoms with Crippen molar-refractivity contribution in [1.29, 1.82) is 0 Å². The first-order valence-electron chi connectivity index (χ1n) is 8.34. The monoisotopic (exact) mass is 352 g/mol. The zero-order valence-corrected chi connectivity index (χ0v) is 14.7. The molecule has 2 heterocycles. The molecular formula is C17H24N2O4S. The second kappa shape index (κ2) is 7.21. The van der Waals surface area contributed by atoms with Gasteiger partial charge < -0.3 is 10.1 Å². The second-order valence-corrected chi connectivity index (χ2v) is 8.94. The maximum atomic E-state index is 12.2. The van der Waals surface area contributed by atoms with Gasteiger partial charge in [-0.15, -0.1) is 0 Å². The van der Waals surface area contributed by atoms with Gasteiger partial charge in [0.2, 0.25) is 5.91 Å². The molecule has 0 aliphatic carbocycles. The number of ether oxygens (including phenoxy) is 1. The van der Waals surface area contributed by atoms with Gasteiger partial charge >= 0.3 is 0 Å². The Morgan fingerprint density at radius 3 is 2.71 bits per heavy atom. The number of nitrogens with one attached hydrogen (secondary N) is 1.